The molecule has 0 bridgehead atoms. The van der Waals surface area contributed by atoms with Crippen molar-refractivity contribution in [3.8, 4) is 0 Å². The number of nitrogens with one attached hydrogen (secondary N) is 1. The van der Waals surface area contributed by atoms with Gasteiger partial charge in [0, 0.05) is 0 Å². The molecule has 0 saturated carbocycles. The molecule has 0 atom stereocenters. The summed E-state index contributed by atoms with van der Waals surface area (Å²) in [5.74, 6) is 5.63. The Hall–Kier alpha value is -0.120. The number of hydrogen-bond donors (Lipinski definition) is 2. The average Bonchev–Trinajstić information content (AvgIpc) is 1.91. The van der Waals surface area contributed by atoms with Gasteiger partial charge in [-0.15, -0.1) is 0 Å². The zero-order chi connectivity index (χ0) is 6.53. The van der Waals surface area contributed by atoms with Crippen molar-refractivity contribution in [3.05, 3.63) is 0 Å². The van der Waals surface area contributed by atoms with Crippen molar-refractivity contribution < 1.29 is 4.84 Å². The van der Waals surface area contributed by atoms with E-state index in [0.29, 0.717) is 5.92 Å². The van der Waals surface area contributed by atoms with Crippen molar-refractivity contribution in [1.29, 1.82) is 0 Å². The Kier molecular flexibility index (Phi) is 2.97. The van der Waals surface area contributed by atoms with Gasteiger partial charge in [0.15, 0.2) is 0 Å². The summed E-state index contributed by atoms with van der Waals surface area (Å²) in [6.45, 7) is 2.96. The molecule has 1 aliphatic heterocycles. The molecule has 0 aliphatic carbocycles. The highest BCUT2D eigenvalue weighted by Crippen LogP contribution is 2.10. The van der Waals surface area contributed by atoms with E-state index in [1.165, 1.54) is 12.8 Å². The second kappa shape index (κ2) is 3.82. The summed E-state index contributed by atoms with van der Waals surface area (Å²) in [6.07, 6.45) is 2.41. The summed E-state index contributed by atoms with van der Waals surface area (Å²) in [5, 5.41) is 3.28. The Balaban J connectivity index is 2.08. The fourth-order valence-corrected chi connectivity index (χ4v) is 1.18. The molecule has 0 radical (unpaired) electrons. The van der Waals surface area contributed by atoms with Crippen molar-refractivity contribution in [1.82, 2.24) is 5.32 Å². The van der Waals surface area contributed by atoms with Crippen molar-refractivity contribution >= 4 is 0 Å². The van der Waals surface area contributed by atoms with E-state index in [1.807, 2.05) is 0 Å². The highest BCUT2D eigenvalue weighted by atomic mass is 16.6. The van der Waals surface area contributed by atoms with E-state index in [1.54, 1.807) is 0 Å². The fraction of sp³-hybridized carbons (Fsp3) is 1.00. The van der Waals surface area contributed by atoms with E-state index in [2.05, 4.69) is 10.2 Å². The van der Waals surface area contributed by atoms with Crippen LogP contribution in [0.5, 0.6) is 0 Å². The van der Waals surface area contributed by atoms with Crippen LogP contribution in [0.1, 0.15) is 12.8 Å². The Bertz CT molecular complexity index is 68.7. The predicted octanol–water partition coefficient (Wildman–Crippen LogP) is -0.124. The third kappa shape index (κ3) is 2.30. The third-order valence-corrected chi connectivity index (χ3v) is 1.79. The summed E-state index contributed by atoms with van der Waals surface area (Å²) >= 11 is 0. The molecule has 0 aromatic carbocycles. The highest BCUT2D eigenvalue weighted by molar-refractivity contribution is 4.66. The Morgan fingerprint density at radius 3 is 2.67 bits per heavy atom. The first-order valence-electron chi connectivity index (χ1n) is 3.46. The molecule has 0 spiro atoms. The topological polar surface area (TPSA) is 47.3 Å². The maximum Gasteiger partial charge on any atom is 0.0708 e. The summed E-state index contributed by atoms with van der Waals surface area (Å²) in [6, 6.07) is 0. The molecule has 3 nitrogen and oxygen atoms in total. The van der Waals surface area contributed by atoms with E-state index in [-0.39, 0.29) is 0 Å². The van der Waals surface area contributed by atoms with Crippen LogP contribution < -0.4 is 11.2 Å². The van der Waals surface area contributed by atoms with Gasteiger partial charge in [0.1, 0.15) is 0 Å². The van der Waals surface area contributed by atoms with Gasteiger partial charge in [0.2, 0.25) is 0 Å². The Morgan fingerprint density at radius 2 is 2.11 bits per heavy atom. The van der Waals surface area contributed by atoms with Crippen LogP contribution in [0.4, 0.5) is 0 Å². The number of piperidine rings is 1. The second-order valence-electron chi connectivity index (χ2n) is 2.53. The molecule has 1 aliphatic rings. The second-order valence-corrected chi connectivity index (χ2v) is 2.53. The SMILES string of the molecule is NOCC1CCNCC1. The van der Waals surface area contributed by atoms with Gasteiger partial charge >= 0.3 is 0 Å². The van der Waals surface area contributed by atoms with Gasteiger partial charge in [0.25, 0.3) is 0 Å². The summed E-state index contributed by atoms with van der Waals surface area (Å²) < 4.78 is 0. The Morgan fingerprint density at radius 1 is 1.44 bits per heavy atom. The number of hydrogen-bond acceptors (Lipinski definition) is 3. The molecule has 1 heterocycles. The lowest BCUT2D eigenvalue weighted by molar-refractivity contribution is 0.0892. The predicted molar refractivity (Wildman–Crippen MR) is 35.7 cm³/mol. The molecule has 9 heavy (non-hydrogen) atoms. The van der Waals surface area contributed by atoms with E-state index in [4.69, 9.17) is 5.90 Å². The van der Waals surface area contributed by atoms with Crippen LogP contribution in [0.2, 0.25) is 0 Å². The molecule has 0 unspecified atom stereocenters. The van der Waals surface area contributed by atoms with Crippen molar-refractivity contribution in [3.63, 3.8) is 0 Å². The molecule has 0 amide bonds. The van der Waals surface area contributed by atoms with Crippen LogP contribution in [0.3, 0.4) is 0 Å². The van der Waals surface area contributed by atoms with Crippen LogP contribution in [0.15, 0.2) is 0 Å². The molecule has 1 fully saturated rings. The van der Waals surface area contributed by atoms with E-state index in [0.717, 1.165) is 19.7 Å². The first-order chi connectivity index (χ1) is 4.43. The van der Waals surface area contributed by atoms with Gasteiger partial charge < -0.3 is 10.2 Å². The molecule has 1 saturated heterocycles. The monoisotopic (exact) mass is 130 g/mol. The molecule has 1 rings (SSSR count). The van der Waals surface area contributed by atoms with Gasteiger partial charge in [-0.1, -0.05) is 0 Å². The summed E-state index contributed by atoms with van der Waals surface area (Å²) in [4.78, 5) is 4.55. The first kappa shape index (κ1) is 6.99. The van der Waals surface area contributed by atoms with Crippen LogP contribution in [0.25, 0.3) is 0 Å². The third-order valence-electron chi connectivity index (χ3n) is 1.79. The van der Waals surface area contributed by atoms with Crippen LogP contribution in [0, 0.1) is 5.92 Å². The standard InChI is InChI=1S/C6H14N2O/c7-9-5-6-1-3-8-4-2-6/h6,8H,1-5,7H2. The maximum atomic E-state index is 4.94. The van der Waals surface area contributed by atoms with E-state index >= 15 is 0 Å². The van der Waals surface area contributed by atoms with Crippen molar-refractivity contribution in [2.45, 2.75) is 12.8 Å². The van der Waals surface area contributed by atoms with Crippen molar-refractivity contribution in [2.75, 3.05) is 19.7 Å². The first-order valence-corrected chi connectivity index (χ1v) is 3.46. The van der Waals surface area contributed by atoms with E-state index in [9.17, 15) is 0 Å². The summed E-state index contributed by atoms with van der Waals surface area (Å²) in [7, 11) is 0. The lowest BCUT2D eigenvalue weighted by Crippen LogP contribution is -2.30. The maximum absolute atomic E-state index is 4.94. The average molecular weight is 130 g/mol. The smallest absolute Gasteiger partial charge is 0.0708 e. The van der Waals surface area contributed by atoms with Crippen LogP contribution >= 0.6 is 0 Å². The normalized spacial score (nSPS) is 22.3. The van der Waals surface area contributed by atoms with Gasteiger partial charge in [-0.25, -0.2) is 5.90 Å². The van der Waals surface area contributed by atoms with Gasteiger partial charge in [-0.2, -0.15) is 0 Å². The lowest BCUT2D eigenvalue weighted by atomic mass is 10.00. The fourth-order valence-electron chi connectivity index (χ4n) is 1.18. The zero-order valence-corrected chi connectivity index (χ0v) is 5.60. The largest absolute Gasteiger partial charge is 0.317 e. The highest BCUT2D eigenvalue weighted by Gasteiger charge is 2.11. The lowest BCUT2D eigenvalue weighted by Gasteiger charge is -2.20. The van der Waals surface area contributed by atoms with Gasteiger partial charge in [-0.3, -0.25) is 0 Å². The molecule has 0 aromatic heterocycles. The molecule has 3 heteroatoms. The van der Waals surface area contributed by atoms with Gasteiger partial charge in [0.05, 0.1) is 6.61 Å². The molecule has 54 valence electrons. The molecular formula is C6H14N2O. The van der Waals surface area contributed by atoms with Crippen LogP contribution in [-0.4, -0.2) is 19.7 Å². The van der Waals surface area contributed by atoms with E-state index < -0.39 is 0 Å². The molecule has 3 N–H and O–H groups in total. The van der Waals surface area contributed by atoms with Gasteiger partial charge in [-0.05, 0) is 31.8 Å². The minimum atomic E-state index is 0.691. The Labute approximate surface area is 55.5 Å². The van der Waals surface area contributed by atoms with Crippen molar-refractivity contribution in [2.24, 2.45) is 11.8 Å². The summed E-state index contributed by atoms with van der Waals surface area (Å²) in [5.41, 5.74) is 0. The molecular weight excluding hydrogens is 116 g/mol. The molecule has 0 aromatic rings. The quantitative estimate of drug-likeness (QED) is 0.512. The number of nitrogens with two attached hydrogens (primary N) is 1. The van der Waals surface area contributed by atoms with Crippen LogP contribution in [-0.2, 0) is 4.84 Å². The minimum absolute atomic E-state index is 0.691. The minimum Gasteiger partial charge on any atom is -0.317 e. The number of rotatable bonds is 2. The zero-order valence-electron chi connectivity index (χ0n) is 5.60.